The maximum Gasteiger partial charge on any atom is 0.326 e. The number of esters is 1. The van der Waals surface area contributed by atoms with Gasteiger partial charge in [-0.15, -0.1) is 0 Å². The number of carbonyl (C=O) groups is 3. The number of imide groups is 1. The highest BCUT2D eigenvalue weighted by molar-refractivity contribution is 7.98. The highest BCUT2D eigenvalue weighted by atomic mass is 32.2. The number of fused-ring (bicyclic) bond motifs is 1. The number of carbonyl (C=O) groups excluding carboxylic acids is 3. The Labute approximate surface area is 202 Å². The van der Waals surface area contributed by atoms with E-state index in [1.807, 2.05) is 12.3 Å². The van der Waals surface area contributed by atoms with E-state index in [0.717, 1.165) is 0 Å². The van der Waals surface area contributed by atoms with E-state index >= 15 is 0 Å². The van der Waals surface area contributed by atoms with Crippen LogP contribution in [-0.2, 0) is 19.1 Å². The first-order valence-corrected chi connectivity index (χ1v) is 12.3. The number of nitrogens with one attached hydrogen (secondary N) is 1. The molecule has 0 spiro atoms. The topological polar surface area (TPSA) is 94.2 Å². The number of hydrogen-bond donors (Lipinski definition) is 1. The van der Waals surface area contributed by atoms with Crippen molar-refractivity contribution in [2.75, 3.05) is 38.2 Å². The van der Waals surface area contributed by atoms with Crippen LogP contribution in [0.15, 0.2) is 48.5 Å². The third kappa shape index (κ3) is 3.73. The lowest BCUT2D eigenvalue weighted by Gasteiger charge is -2.32. The zero-order valence-electron chi connectivity index (χ0n) is 19.6. The van der Waals surface area contributed by atoms with Crippen LogP contribution in [0.2, 0.25) is 0 Å². The Bertz CT molecular complexity index is 1090. The summed E-state index contributed by atoms with van der Waals surface area (Å²) in [6.45, 7) is 0. The number of benzene rings is 2. The van der Waals surface area contributed by atoms with Gasteiger partial charge in [-0.3, -0.25) is 19.7 Å². The standard InChI is InChI=1S/C25H28N2O6S/c1-31-16-10-11-17(18(14-16)32-2)21-19-20(25(26-21,12-13-34-4)24(30)33-3)23(29)27(22(19)28)15-8-6-5-7-9-15/h5-11,14,19-21,26H,12-13H2,1-4H3/t19-,20-,21+,25-/m0/s1. The van der Waals surface area contributed by atoms with Crippen LogP contribution < -0.4 is 19.7 Å². The molecule has 2 aliphatic rings. The van der Waals surface area contributed by atoms with E-state index in [9.17, 15) is 14.4 Å². The van der Waals surface area contributed by atoms with Gasteiger partial charge in [-0.1, -0.05) is 24.3 Å². The van der Waals surface area contributed by atoms with Crippen LogP contribution in [0.1, 0.15) is 18.0 Å². The van der Waals surface area contributed by atoms with Gasteiger partial charge in [-0.05, 0) is 36.6 Å². The van der Waals surface area contributed by atoms with Gasteiger partial charge in [-0.2, -0.15) is 11.8 Å². The van der Waals surface area contributed by atoms with Crippen molar-refractivity contribution in [3.8, 4) is 11.5 Å². The van der Waals surface area contributed by atoms with E-state index in [1.165, 1.54) is 19.1 Å². The summed E-state index contributed by atoms with van der Waals surface area (Å²) in [4.78, 5) is 42.1. The Hall–Kier alpha value is -3.04. The number of thioether (sulfide) groups is 1. The van der Waals surface area contributed by atoms with Crippen molar-refractivity contribution in [3.63, 3.8) is 0 Å². The van der Waals surface area contributed by atoms with E-state index in [1.54, 1.807) is 61.3 Å². The SMILES string of the molecule is COC(=O)[C@@]1(CCSC)N[C@H](c2ccc(OC)cc2OC)[C@H]2C(=O)N(c3ccccc3)C(=O)[C@H]21. The summed E-state index contributed by atoms with van der Waals surface area (Å²) in [6, 6.07) is 13.4. The molecule has 0 bridgehead atoms. The van der Waals surface area contributed by atoms with E-state index in [4.69, 9.17) is 14.2 Å². The first-order valence-electron chi connectivity index (χ1n) is 10.9. The summed E-state index contributed by atoms with van der Waals surface area (Å²) in [5.74, 6) is -1.35. The maximum atomic E-state index is 13.8. The Morgan fingerprint density at radius 2 is 1.79 bits per heavy atom. The number of hydrogen-bond acceptors (Lipinski definition) is 8. The fourth-order valence-corrected chi connectivity index (χ4v) is 5.67. The molecule has 0 aromatic heterocycles. The highest BCUT2D eigenvalue weighted by Crippen LogP contribution is 2.53. The number of methoxy groups -OCH3 is 3. The third-order valence-electron chi connectivity index (χ3n) is 6.69. The van der Waals surface area contributed by atoms with Crippen LogP contribution in [0.3, 0.4) is 0 Å². The summed E-state index contributed by atoms with van der Waals surface area (Å²) in [6.07, 6.45) is 2.26. The minimum atomic E-state index is -1.35. The lowest BCUT2D eigenvalue weighted by Crippen LogP contribution is -2.56. The average Bonchev–Trinajstić information content (AvgIpc) is 3.36. The van der Waals surface area contributed by atoms with Crippen molar-refractivity contribution in [1.82, 2.24) is 5.32 Å². The molecule has 2 aromatic rings. The summed E-state index contributed by atoms with van der Waals surface area (Å²) >= 11 is 1.56. The predicted molar refractivity (Wildman–Crippen MR) is 129 cm³/mol. The van der Waals surface area contributed by atoms with Crippen molar-refractivity contribution in [1.29, 1.82) is 0 Å². The maximum absolute atomic E-state index is 13.8. The largest absolute Gasteiger partial charge is 0.497 e. The lowest BCUT2D eigenvalue weighted by atomic mass is 9.77. The molecule has 2 aromatic carbocycles. The highest BCUT2D eigenvalue weighted by Gasteiger charge is 2.69. The first-order chi connectivity index (χ1) is 16.4. The van der Waals surface area contributed by atoms with Crippen LogP contribution >= 0.6 is 11.8 Å². The molecular formula is C25H28N2O6S. The second-order valence-corrected chi connectivity index (χ2v) is 9.27. The van der Waals surface area contributed by atoms with Gasteiger partial charge in [0.25, 0.3) is 0 Å². The summed E-state index contributed by atoms with van der Waals surface area (Å²) in [7, 11) is 4.39. The molecule has 0 unspecified atom stereocenters. The minimum absolute atomic E-state index is 0.332. The van der Waals surface area contributed by atoms with Gasteiger partial charge in [0, 0.05) is 17.7 Å². The number of rotatable bonds is 8. The molecule has 9 heteroatoms. The molecule has 2 aliphatic heterocycles. The molecule has 0 aliphatic carbocycles. The van der Waals surface area contributed by atoms with Gasteiger partial charge < -0.3 is 14.2 Å². The van der Waals surface area contributed by atoms with Gasteiger partial charge in [0.2, 0.25) is 11.8 Å². The molecule has 4 rings (SSSR count). The Kier molecular flexibility index (Phi) is 6.86. The average molecular weight is 485 g/mol. The molecular weight excluding hydrogens is 456 g/mol. The van der Waals surface area contributed by atoms with Gasteiger partial charge >= 0.3 is 5.97 Å². The fraction of sp³-hybridized carbons (Fsp3) is 0.400. The van der Waals surface area contributed by atoms with Gasteiger partial charge in [0.05, 0.1) is 38.9 Å². The van der Waals surface area contributed by atoms with E-state index in [0.29, 0.717) is 34.9 Å². The molecule has 4 atom stereocenters. The van der Waals surface area contributed by atoms with Crippen LogP contribution in [0.25, 0.3) is 0 Å². The quantitative estimate of drug-likeness (QED) is 0.452. The second kappa shape index (κ2) is 9.68. The fourth-order valence-electron chi connectivity index (χ4n) is 5.14. The third-order valence-corrected chi connectivity index (χ3v) is 7.31. The van der Waals surface area contributed by atoms with Crippen LogP contribution in [0.4, 0.5) is 5.69 Å². The second-order valence-electron chi connectivity index (χ2n) is 8.29. The summed E-state index contributed by atoms with van der Waals surface area (Å²) in [5, 5.41) is 3.38. The first kappa shape index (κ1) is 24.1. The van der Waals surface area contributed by atoms with Gasteiger partial charge in [-0.25, -0.2) is 4.90 Å². The van der Waals surface area contributed by atoms with Crippen LogP contribution in [0.5, 0.6) is 11.5 Å². The Morgan fingerprint density at radius 1 is 1.06 bits per heavy atom. The number of anilines is 1. The molecule has 2 heterocycles. The Balaban J connectivity index is 1.89. The summed E-state index contributed by atoms with van der Waals surface area (Å²) < 4.78 is 16.1. The monoisotopic (exact) mass is 484 g/mol. The normalized spacial score (nSPS) is 25.9. The van der Waals surface area contributed by atoms with E-state index in [-0.39, 0.29) is 5.91 Å². The van der Waals surface area contributed by atoms with Gasteiger partial charge in [0.1, 0.15) is 17.0 Å². The molecule has 2 amide bonds. The molecule has 2 fully saturated rings. The molecule has 1 N–H and O–H groups in total. The van der Waals surface area contributed by atoms with Crippen molar-refractivity contribution in [2.24, 2.45) is 11.8 Å². The molecule has 34 heavy (non-hydrogen) atoms. The van der Waals surface area contributed by atoms with Crippen molar-refractivity contribution >= 4 is 35.2 Å². The molecule has 180 valence electrons. The van der Waals surface area contributed by atoms with Crippen molar-refractivity contribution < 1.29 is 28.6 Å². The zero-order chi connectivity index (χ0) is 24.5. The molecule has 8 nitrogen and oxygen atoms in total. The molecule has 2 saturated heterocycles. The van der Waals surface area contributed by atoms with Crippen molar-refractivity contribution in [3.05, 3.63) is 54.1 Å². The van der Waals surface area contributed by atoms with Gasteiger partial charge in [0.15, 0.2) is 0 Å². The number of ether oxygens (including phenoxy) is 3. The number of amides is 2. The molecule has 0 saturated carbocycles. The smallest absolute Gasteiger partial charge is 0.326 e. The van der Waals surface area contributed by atoms with Crippen LogP contribution in [0, 0.1) is 11.8 Å². The minimum Gasteiger partial charge on any atom is -0.497 e. The Morgan fingerprint density at radius 3 is 2.41 bits per heavy atom. The predicted octanol–water partition coefficient (Wildman–Crippen LogP) is 2.82. The van der Waals surface area contributed by atoms with Crippen LogP contribution in [-0.4, -0.2) is 56.7 Å². The number of para-hydroxylation sites is 1. The zero-order valence-corrected chi connectivity index (χ0v) is 20.4. The molecule has 0 radical (unpaired) electrons. The van der Waals surface area contributed by atoms with E-state index in [2.05, 4.69) is 5.32 Å². The lowest BCUT2D eigenvalue weighted by molar-refractivity contribution is -0.152. The summed E-state index contributed by atoms with van der Waals surface area (Å²) in [5.41, 5.74) is -0.200. The number of nitrogens with zero attached hydrogens (tertiary/aromatic N) is 1. The van der Waals surface area contributed by atoms with Crippen molar-refractivity contribution in [2.45, 2.75) is 18.0 Å². The van der Waals surface area contributed by atoms with E-state index < -0.39 is 35.3 Å².